The van der Waals surface area contributed by atoms with E-state index in [1.54, 1.807) is 12.3 Å². The maximum atomic E-state index is 12.5. The Morgan fingerprint density at radius 3 is 2.45 bits per heavy atom. The van der Waals surface area contributed by atoms with E-state index >= 15 is 0 Å². The van der Waals surface area contributed by atoms with Gasteiger partial charge in [-0.05, 0) is 63.0 Å². The van der Waals surface area contributed by atoms with Gasteiger partial charge < -0.3 is 15.1 Å². The molecule has 5 heterocycles. The number of aromatic nitrogens is 4. The van der Waals surface area contributed by atoms with Crippen LogP contribution >= 0.6 is 0 Å². The van der Waals surface area contributed by atoms with Crippen LogP contribution in [0.3, 0.4) is 0 Å². The first-order valence-electron chi connectivity index (χ1n) is 12.2. The smallest absolute Gasteiger partial charge is 0.269 e. The molecule has 33 heavy (non-hydrogen) atoms. The second kappa shape index (κ2) is 9.87. The van der Waals surface area contributed by atoms with Gasteiger partial charge >= 0.3 is 0 Å². The van der Waals surface area contributed by atoms with Crippen LogP contribution in [0.25, 0.3) is 22.3 Å². The molecule has 5 rings (SSSR count). The van der Waals surface area contributed by atoms with Gasteiger partial charge in [0.15, 0.2) is 5.65 Å². The number of aryl methyl sites for hydroxylation is 1. The van der Waals surface area contributed by atoms with Crippen molar-refractivity contribution in [2.75, 3.05) is 44.2 Å². The van der Waals surface area contributed by atoms with Crippen molar-refractivity contribution in [2.45, 2.75) is 38.5 Å². The number of rotatable bonds is 6. The third kappa shape index (κ3) is 4.85. The van der Waals surface area contributed by atoms with E-state index in [-0.39, 0.29) is 5.91 Å². The van der Waals surface area contributed by atoms with Gasteiger partial charge in [-0.3, -0.25) is 9.78 Å². The Bertz CT molecular complexity index is 1090. The summed E-state index contributed by atoms with van der Waals surface area (Å²) in [5, 5.41) is 8.71. The zero-order valence-electron chi connectivity index (χ0n) is 19.5. The Morgan fingerprint density at radius 1 is 0.970 bits per heavy atom. The Hall–Kier alpha value is -3.00. The fourth-order valence-electron chi connectivity index (χ4n) is 4.90. The molecule has 0 unspecified atom stereocenters. The molecular formula is C25H33N7O. The molecule has 0 spiro atoms. The van der Waals surface area contributed by atoms with Gasteiger partial charge in [0.25, 0.3) is 5.91 Å². The summed E-state index contributed by atoms with van der Waals surface area (Å²) in [6.07, 6.45) is 9.30. The average molecular weight is 448 g/mol. The van der Waals surface area contributed by atoms with E-state index in [0.717, 1.165) is 60.8 Å². The molecule has 0 bridgehead atoms. The largest absolute Gasteiger partial charge is 0.357 e. The summed E-state index contributed by atoms with van der Waals surface area (Å²) in [6.45, 7) is 5.95. The van der Waals surface area contributed by atoms with Crippen LogP contribution in [0.2, 0.25) is 0 Å². The molecule has 0 aromatic carbocycles. The van der Waals surface area contributed by atoms with E-state index in [2.05, 4.69) is 32.2 Å². The second-order valence-corrected chi connectivity index (χ2v) is 9.15. The van der Waals surface area contributed by atoms with Gasteiger partial charge in [0.2, 0.25) is 0 Å². The topological polar surface area (TPSA) is 79.2 Å². The molecule has 2 aliphatic heterocycles. The molecule has 2 fully saturated rings. The van der Waals surface area contributed by atoms with Crippen LogP contribution in [0.15, 0.2) is 30.5 Å². The zero-order chi connectivity index (χ0) is 22.6. The molecule has 2 saturated heterocycles. The van der Waals surface area contributed by atoms with Gasteiger partial charge in [-0.1, -0.05) is 12.8 Å². The fraction of sp³-hybridized carbons (Fsp3) is 0.520. The molecule has 8 heteroatoms. The summed E-state index contributed by atoms with van der Waals surface area (Å²) in [5.74, 6) is 0.897. The normalized spacial score (nSPS) is 17.4. The first-order chi connectivity index (χ1) is 16.2. The summed E-state index contributed by atoms with van der Waals surface area (Å²) in [7, 11) is 1.93. The first kappa shape index (κ1) is 21.8. The second-order valence-electron chi connectivity index (χ2n) is 9.15. The van der Waals surface area contributed by atoms with Crippen LogP contribution in [-0.2, 0) is 7.05 Å². The molecule has 0 aliphatic carbocycles. The van der Waals surface area contributed by atoms with Crippen molar-refractivity contribution >= 4 is 22.8 Å². The van der Waals surface area contributed by atoms with Crippen LogP contribution < -0.4 is 10.2 Å². The van der Waals surface area contributed by atoms with Crippen LogP contribution in [0.4, 0.5) is 5.82 Å². The molecule has 0 radical (unpaired) electrons. The van der Waals surface area contributed by atoms with Crippen molar-refractivity contribution in [1.82, 2.24) is 30.0 Å². The zero-order valence-corrected chi connectivity index (χ0v) is 19.5. The lowest BCUT2D eigenvalue weighted by molar-refractivity contribution is 0.0945. The van der Waals surface area contributed by atoms with Crippen LogP contribution in [0, 0.1) is 0 Å². The van der Waals surface area contributed by atoms with E-state index in [4.69, 9.17) is 10.1 Å². The molecule has 3 aromatic heterocycles. The number of carbonyl (C=O) groups is 1. The van der Waals surface area contributed by atoms with Crippen molar-refractivity contribution < 1.29 is 4.79 Å². The molecule has 0 saturated carbocycles. The standard InChI is InChI=1S/C25H33N7O/c1-30-24-20(9-11-22(28-24)32-15-4-2-3-5-16-32)23(29-30)19-8-10-21(27-18-19)25(33)26-12-17-31-13-6-7-14-31/h8-11,18H,2-7,12-17H2,1H3,(H,26,33). The van der Waals surface area contributed by atoms with Crippen molar-refractivity contribution in [1.29, 1.82) is 0 Å². The molecular weight excluding hydrogens is 414 g/mol. The van der Waals surface area contributed by atoms with Crippen molar-refractivity contribution in [3.8, 4) is 11.3 Å². The predicted octanol–water partition coefficient (Wildman–Crippen LogP) is 3.24. The third-order valence-electron chi connectivity index (χ3n) is 6.78. The molecule has 3 aromatic rings. The minimum absolute atomic E-state index is 0.129. The van der Waals surface area contributed by atoms with Gasteiger partial charge in [0.1, 0.15) is 17.2 Å². The van der Waals surface area contributed by atoms with Gasteiger partial charge in [0, 0.05) is 50.4 Å². The number of pyridine rings is 2. The lowest BCUT2D eigenvalue weighted by Crippen LogP contribution is -2.33. The highest BCUT2D eigenvalue weighted by atomic mass is 16.1. The van der Waals surface area contributed by atoms with Crippen LogP contribution in [0.1, 0.15) is 49.0 Å². The number of hydrogen-bond acceptors (Lipinski definition) is 6. The summed E-state index contributed by atoms with van der Waals surface area (Å²) in [5.41, 5.74) is 3.03. The molecule has 1 amide bonds. The lowest BCUT2D eigenvalue weighted by Gasteiger charge is -2.21. The van der Waals surface area contributed by atoms with Gasteiger partial charge in [-0.2, -0.15) is 5.10 Å². The Balaban J connectivity index is 1.29. The van der Waals surface area contributed by atoms with Crippen molar-refractivity contribution in [3.05, 3.63) is 36.2 Å². The number of fused-ring (bicyclic) bond motifs is 1. The highest BCUT2D eigenvalue weighted by molar-refractivity contribution is 5.94. The molecule has 0 atom stereocenters. The quantitative estimate of drug-likeness (QED) is 0.625. The van der Waals surface area contributed by atoms with E-state index in [1.165, 1.54) is 38.5 Å². The Labute approximate surface area is 195 Å². The number of likely N-dealkylation sites (tertiary alicyclic amines) is 1. The van der Waals surface area contributed by atoms with Gasteiger partial charge in [-0.15, -0.1) is 0 Å². The maximum Gasteiger partial charge on any atom is 0.269 e. The molecule has 8 nitrogen and oxygen atoms in total. The number of hydrogen-bond donors (Lipinski definition) is 1. The van der Waals surface area contributed by atoms with Gasteiger partial charge in [-0.25, -0.2) is 9.67 Å². The molecule has 1 N–H and O–H groups in total. The fourth-order valence-corrected chi connectivity index (χ4v) is 4.90. The minimum Gasteiger partial charge on any atom is -0.357 e. The maximum absolute atomic E-state index is 12.5. The molecule has 174 valence electrons. The number of anilines is 1. The summed E-state index contributed by atoms with van der Waals surface area (Å²) in [4.78, 5) is 26.6. The Kier molecular flexibility index (Phi) is 6.53. The number of nitrogens with one attached hydrogen (secondary N) is 1. The van der Waals surface area contributed by atoms with Crippen molar-refractivity contribution in [2.24, 2.45) is 7.05 Å². The number of amides is 1. The highest BCUT2D eigenvalue weighted by Gasteiger charge is 2.17. The lowest BCUT2D eigenvalue weighted by atomic mass is 10.1. The Morgan fingerprint density at radius 2 is 1.73 bits per heavy atom. The van der Waals surface area contributed by atoms with Crippen molar-refractivity contribution in [3.63, 3.8) is 0 Å². The minimum atomic E-state index is -0.129. The summed E-state index contributed by atoms with van der Waals surface area (Å²) in [6, 6.07) is 7.92. The number of nitrogens with zero attached hydrogens (tertiary/aromatic N) is 6. The predicted molar refractivity (Wildman–Crippen MR) is 130 cm³/mol. The summed E-state index contributed by atoms with van der Waals surface area (Å²) < 4.78 is 1.84. The van der Waals surface area contributed by atoms with E-state index in [9.17, 15) is 4.79 Å². The number of carbonyl (C=O) groups excluding carboxylic acids is 1. The third-order valence-corrected chi connectivity index (χ3v) is 6.78. The van der Waals surface area contributed by atoms with Crippen LogP contribution in [0.5, 0.6) is 0 Å². The van der Waals surface area contributed by atoms with Gasteiger partial charge in [0.05, 0.1) is 0 Å². The summed E-state index contributed by atoms with van der Waals surface area (Å²) >= 11 is 0. The highest BCUT2D eigenvalue weighted by Crippen LogP contribution is 2.29. The first-order valence-corrected chi connectivity index (χ1v) is 12.2. The van der Waals surface area contributed by atoms with E-state index in [1.807, 2.05) is 17.8 Å². The molecule has 2 aliphatic rings. The monoisotopic (exact) mass is 447 g/mol. The SMILES string of the molecule is Cn1nc(-c2ccc(C(=O)NCCN3CCCC3)nc2)c2ccc(N3CCCCCC3)nc21. The van der Waals surface area contributed by atoms with E-state index < -0.39 is 0 Å². The van der Waals surface area contributed by atoms with Crippen LogP contribution in [-0.4, -0.2) is 69.8 Å². The van der Waals surface area contributed by atoms with E-state index in [0.29, 0.717) is 12.2 Å². The average Bonchev–Trinajstić information content (AvgIpc) is 3.38.